The lowest BCUT2D eigenvalue weighted by Crippen LogP contribution is -2.46. The summed E-state index contributed by atoms with van der Waals surface area (Å²) in [5.74, 6) is -3.00. The Labute approximate surface area is 161 Å². The lowest BCUT2D eigenvalue weighted by Gasteiger charge is -2.28. The van der Waals surface area contributed by atoms with Gasteiger partial charge in [0.05, 0.1) is 0 Å². The van der Waals surface area contributed by atoms with Gasteiger partial charge < -0.3 is 24.8 Å². The average Bonchev–Trinajstić information content (AvgIpc) is 2.88. The van der Waals surface area contributed by atoms with E-state index in [4.69, 9.17) is 21.1 Å². The van der Waals surface area contributed by atoms with Crippen molar-refractivity contribution in [1.29, 1.82) is 0 Å². The van der Waals surface area contributed by atoms with Crippen molar-refractivity contribution in [2.24, 2.45) is 5.92 Å². The third-order valence-corrected chi connectivity index (χ3v) is 5.00. The molecule has 2 amide bonds. The second-order valence-corrected chi connectivity index (χ2v) is 7.30. The van der Waals surface area contributed by atoms with Crippen LogP contribution in [0.5, 0.6) is 0 Å². The molecule has 2 saturated heterocycles. The fourth-order valence-corrected chi connectivity index (χ4v) is 3.57. The van der Waals surface area contributed by atoms with Crippen molar-refractivity contribution in [2.45, 2.75) is 31.6 Å². The van der Waals surface area contributed by atoms with Crippen molar-refractivity contribution in [1.82, 2.24) is 10.2 Å². The minimum absolute atomic E-state index is 0.00820. The first-order valence-corrected chi connectivity index (χ1v) is 9.25. The Morgan fingerprint density at radius 1 is 1.41 bits per heavy atom. The third kappa shape index (κ3) is 5.09. The molecule has 1 atom stereocenters. The Bertz CT molecular complexity index is 693. The second kappa shape index (κ2) is 8.41. The number of rotatable bonds is 5. The van der Waals surface area contributed by atoms with Crippen LogP contribution in [0.2, 0.25) is 5.02 Å². The lowest BCUT2D eigenvalue weighted by atomic mass is 10.00. The van der Waals surface area contributed by atoms with E-state index in [1.54, 1.807) is 0 Å². The van der Waals surface area contributed by atoms with Gasteiger partial charge >= 0.3 is 6.09 Å². The summed E-state index contributed by atoms with van der Waals surface area (Å²) in [4.78, 5) is 26.0. The Hall–Kier alpha value is -1.90. The number of nitrogens with zero attached hydrogens (tertiary/aromatic N) is 1. The van der Waals surface area contributed by atoms with E-state index < -0.39 is 23.6 Å². The average molecular weight is 401 g/mol. The highest BCUT2D eigenvalue weighted by molar-refractivity contribution is 6.30. The van der Waals surface area contributed by atoms with Crippen molar-refractivity contribution in [3.8, 4) is 0 Å². The summed E-state index contributed by atoms with van der Waals surface area (Å²) in [5.41, 5.74) is 0.433. The molecular weight excluding hydrogens is 379 g/mol. The smallest absolute Gasteiger partial charge is 0.407 e. The van der Waals surface area contributed by atoms with Gasteiger partial charge in [-0.05, 0) is 42.5 Å². The van der Waals surface area contributed by atoms with Gasteiger partial charge in [0, 0.05) is 44.3 Å². The molecule has 0 radical (unpaired) electrons. The molecule has 7 nitrogen and oxygen atoms in total. The minimum Gasteiger partial charge on any atom is -0.407 e. The third-order valence-electron chi connectivity index (χ3n) is 4.78. The summed E-state index contributed by atoms with van der Waals surface area (Å²) in [6, 6.07) is 3.86. The Morgan fingerprint density at radius 3 is 2.85 bits per heavy atom. The molecule has 2 N–H and O–H groups in total. The molecule has 2 heterocycles. The largest absolute Gasteiger partial charge is 0.410 e. The standard InChI is InChI=1S/C18H22ClFN2O5/c19-14-7-13(8-15(20)9-14)10-21-17(24)27-18(25)3-4-22(16(18)23)11-12-1-5-26-6-2-12/h7-9,12,25H,1-6,10-11H2,(H,21,24). The molecule has 0 aromatic heterocycles. The molecule has 2 aliphatic rings. The Balaban J connectivity index is 1.51. The van der Waals surface area contributed by atoms with Crippen molar-refractivity contribution in [3.05, 3.63) is 34.6 Å². The van der Waals surface area contributed by atoms with Gasteiger partial charge in [-0.15, -0.1) is 0 Å². The molecule has 0 saturated carbocycles. The SMILES string of the molecule is O=C(NCc1cc(F)cc(Cl)c1)OC1(O)CCN(CC2CCOCC2)C1=O. The van der Waals surface area contributed by atoms with Crippen LogP contribution < -0.4 is 5.32 Å². The monoisotopic (exact) mass is 400 g/mol. The summed E-state index contributed by atoms with van der Waals surface area (Å²) < 4.78 is 23.6. The summed E-state index contributed by atoms with van der Waals surface area (Å²) >= 11 is 5.76. The first-order chi connectivity index (χ1) is 12.9. The van der Waals surface area contributed by atoms with Gasteiger partial charge in [0.1, 0.15) is 5.82 Å². The van der Waals surface area contributed by atoms with Gasteiger partial charge in [-0.1, -0.05) is 11.6 Å². The zero-order valence-corrected chi connectivity index (χ0v) is 15.5. The van der Waals surface area contributed by atoms with Gasteiger partial charge in [-0.2, -0.15) is 0 Å². The number of hydrogen-bond donors (Lipinski definition) is 2. The van der Waals surface area contributed by atoms with E-state index in [1.165, 1.54) is 17.0 Å². The quantitative estimate of drug-likeness (QED) is 0.738. The maximum absolute atomic E-state index is 13.3. The van der Waals surface area contributed by atoms with Crippen LogP contribution in [0.4, 0.5) is 9.18 Å². The highest BCUT2D eigenvalue weighted by atomic mass is 35.5. The van der Waals surface area contributed by atoms with Gasteiger partial charge in [0.15, 0.2) is 0 Å². The van der Waals surface area contributed by atoms with Gasteiger partial charge in [-0.25, -0.2) is 9.18 Å². The number of nitrogens with one attached hydrogen (secondary N) is 1. The van der Waals surface area contributed by atoms with E-state index >= 15 is 0 Å². The van der Waals surface area contributed by atoms with Crippen LogP contribution >= 0.6 is 11.6 Å². The van der Waals surface area contributed by atoms with E-state index in [0.29, 0.717) is 37.8 Å². The topological polar surface area (TPSA) is 88.1 Å². The number of hydrogen-bond acceptors (Lipinski definition) is 5. The maximum atomic E-state index is 13.3. The predicted molar refractivity (Wildman–Crippen MR) is 94.4 cm³/mol. The number of likely N-dealkylation sites (tertiary alicyclic amines) is 1. The maximum Gasteiger partial charge on any atom is 0.410 e. The van der Waals surface area contributed by atoms with E-state index in [0.717, 1.165) is 18.9 Å². The Morgan fingerprint density at radius 2 is 2.15 bits per heavy atom. The molecule has 9 heteroatoms. The molecule has 1 aromatic rings. The van der Waals surface area contributed by atoms with E-state index in [1.807, 2.05) is 0 Å². The summed E-state index contributed by atoms with van der Waals surface area (Å²) in [5, 5.41) is 13.0. The van der Waals surface area contributed by atoms with Crippen LogP contribution in [0, 0.1) is 11.7 Å². The molecule has 0 spiro atoms. The summed E-state index contributed by atoms with van der Waals surface area (Å²) in [6.45, 7) is 2.11. The van der Waals surface area contributed by atoms with Crippen LogP contribution in [-0.4, -0.2) is 54.1 Å². The van der Waals surface area contributed by atoms with Gasteiger partial charge in [-0.3, -0.25) is 4.79 Å². The molecular formula is C18H22ClFN2O5. The van der Waals surface area contributed by atoms with Crippen molar-refractivity contribution >= 4 is 23.6 Å². The summed E-state index contributed by atoms with van der Waals surface area (Å²) in [7, 11) is 0. The molecule has 148 valence electrons. The van der Waals surface area contributed by atoms with Crippen LogP contribution in [0.3, 0.4) is 0 Å². The number of alkyl carbamates (subject to hydrolysis) is 1. The highest BCUT2D eigenvalue weighted by Crippen LogP contribution is 2.27. The zero-order valence-electron chi connectivity index (χ0n) is 14.7. The molecule has 0 aliphatic carbocycles. The van der Waals surface area contributed by atoms with Crippen molar-refractivity contribution in [2.75, 3.05) is 26.3 Å². The normalized spacial score (nSPS) is 23.5. The molecule has 2 aliphatic heterocycles. The van der Waals surface area contributed by atoms with Crippen molar-refractivity contribution in [3.63, 3.8) is 0 Å². The van der Waals surface area contributed by atoms with Gasteiger partial charge in [0.2, 0.25) is 0 Å². The number of amides is 2. The second-order valence-electron chi connectivity index (χ2n) is 6.86. The summed E-state index contributed by atoms with van der Waals surface area (Å²) in [6.07, 6.45) is 0.771. The van der Waals surface area contributed by atoms with Crippen LogP contribution in [0.1, 0.15) is 24.8 Å². The van der Waals surface area contributed by atoms with Crippen molar-refractivity contribution < 1.29 is 28.6 Å². The number of aliphatic hydroxyl groups is 1. The predicted octanol–water partition coefficient (Wildman–Crippen LogP) is 2.05. The zero-order chi connectivity index (χ0) is 19.4. The number of ether oxygens (including phenoxy) is 2. The molecule has 2 fully saturated rings. The van der Waals surface area contributed by atoms with Crippen LogP contribution in [0.15, 0.2) is 18.2 Å². The Kier molecular flexibility index (Phi) is 6.18. The number of carbonyl (C=O) groups is 2. The molecule has 1 aromatic carbocycles. The van der Waals surface area contributed by atoms with Crippen LogP contribution in [-0.2, 0) is 20.8 Å². The van der Waals surface area contributed by atoms with E-state index in [2.05, 4.69) is 5.32 Å². The highest BCUT2D eigenvalue weighted by Gasteiger charge is 2.49. The van der Waals surface area contributed by atoms with E-state index in [-0.39, 0.29) is 18.0 Å². The fourth-order valence-electron chi connectivity index (χ4n) is 3.33. The minimum atomic E-state index is -2.17. The number of carbonyl (C=O) groups excluding carboxylic acids is 2. The first-order valence-electron chi connectivity index (χ1n) is 8.87. The number of halogens is 2. The molecule has 1 unspecified atom stereocenters. The number of benzene rings is 1. The fraction of sp³-hybridized carbons (Fsp3) is 0.556. The molecule has 27 heavy (non-hydrogen) atoms. The van der Waals surface area contributed by atoms with Crippen LogP contribution in [0.25, 0.3) is 0 Å². The lowest BCUT2D eigenvalue weighted by molar-refractivity contribution is -0.182. The molecule has 0 bridgehead atoms. The first kappa shape index (κ1) is 19.9. The van der Waals surface area contributed by atoms with E-state index in [9.17, 15) is 19.1 Å². The van der Waals surface area contributed by atoms with Gasteiger partial charge in [0.25, 0.3) is 11.7 Å². The molecule has 3 rings (SSSR count).